The van der Waals surface area contributed by atoms with Crippen molar-refractivity contribution in [2.24, 2.45) is 5.41 Å². The van der Waals surface area contributed by atoms with E-state index in [4.69, 9.17) is 0 Å². The van der Waals surface area contributed by atoms with Crippen molar-refractivity contribution in [1.82, 2.24) is 10.3 Å². The van der Waals surface area contributed by atoms with E-state index in [1.807, 2.05) is 5.38 Å². The van der Waals surface area contributed by atoms with E-state index >= 15 is 0 Å². The fraction of sp³-hybridized carbons (Fsp3) is 0.667. The van der Waals surface area contributed by atoms with Crippen LogP contribution in [0, 0.1) is 5.41 Å². The lowest BCUT2D eigenvalue weighted by atomic mass is 9.72. The Balaban J connectivity index is 2.06. The number of rotatable bonds is 4. The molecule has 1 N–H and O–H groups in total. The number of Topliss-reactive ketones (excluding diaryl/α,β-unsaturated/α-hetero) is 1. The van der Waals surface area contributed by atoms with E-state index in [9.17, 15) is 4.79 Å². The Morgan fingerprint density at radius 3 is 2.88 bits per heavy atom. The largest absolute Gasteiger partial charge is 0.317 e. The maximum Gasteiger partial charge on any atom is 0.145 e. The van der Waals surface area contributed by atoms with Gasteiger partial charge in [-0.1, -0.05) is 6.92 Å². The molecule has 0 radical (unpaired) electrons. The van der Waals surface area contributed by atoms with E-state index < -0.39 is 0 Å². The van der Waals surface area contributed by atoms with Gasteiger partial charge in [-0.15, -0.1) is 11.3 Å². The van der Waals surface area contributed by atoms with Crippen molar-refractivity contribution in [3.8, 4) is 0 Å². The molecule has 0 unspecified atom stereocenters. The van der Waals surface area contributed by atoms with Crippen LogP contribution in [0.5, 0.6) is 0 Å². The summed E-state index contributed by atoms with van der Waals surface area (Å²) in [5.74, 6) is 0.381. The number of hydrogen-bond acceptors (Lipinski definition) is 4. The Hall–Kier alpha value is -0.740. The third-order valence-corrected chi connectivity index (χ3v) is 4.40. The minimum atomic E-state index is -0.0864. The fourth-order valence-corrected chi connectivity index (χ4v) is 3.01. The number of carbonyl (C=O) groups excluding carboxylic acids is 1. The standard InChI is InChI=1S/C12H18N2OS/c1-2-12(3-5-13-6-4-12)10(15)9-11-14-7-8-16-11/h7-8,13H,2-6,9H2,1H3. The molecule has 0 aromatic carbocycles. The number of thiazole rings is 1. The third kappa shape index (κ3) is 2.33. The zero-order chi connectivity index (χ0) is 11.4. The van der Waals surface area contributed by atoms with Gasteiger partial charge in [0.2, 0.25) is 0 Å². The highest BCUT2D eigenvalue weighted by Crippen LogP contribution is 2.34. The number of aromatic nitrogens is 1. The molecule has 2 rings (SSSR count). The molecule has 2 heterocycles. The average molecular weight is 238 g/mol. The Labute approximate surface area is 100 Å². The van der Waals surface area contributed by atoms with Crippen molar-refractivity contribution in [1.29, 1.82) is 0 Å². The van der Waals surface area contributed by atoms with Gasteiger partial charge in [-0.3, -0.25) is 4.79 Å². The Bertz CT molecular complexity index is 342. The Kier molecular flexibility index (Phi) is 3.71. The lowest BCUT2D eigenvalue weighted by molar-refractivity contribution is -0.129. The molecule has 16 heavy (non-hydrogen) atoms. The molecule has 0 spiro atoms. The van der Waals surface area contributed by atoms with Gasteiger partial charge in [-0.25, -0.2) is 4.98 Å². The summed E-state index contributed by atoms with van der Waals surface area (Å²) in [7, 11) is 0. The zero-order valence-corrected chi connectivity index (χ0v) is 10.5. The molecule has 0 bridgehead atoms. The van der Waals surface area contributed by atoms with Crippen LogP contribution in [-0.2, 0) is 11.2 Å². The summed E-state index contributed by atoms with van der Waals surface area (Å²) >= 11 is 1.58. The third-order valence-electron chi connectivity index (χ3n) is 3.62. The van der Waals surface area contributed by atoms with Crippen molar-refractivity contribution in [3.63, 3.8) is 0 Å². The molecular formula is C12H18N2OS. The molecule has 0 atom stereocenters. The van der Waals surface area contributed by atoms with Crippen LogP contribution in [-0.4, -0.2) is 23.9 Å². The highest BCUT2D eigenvalue weighted by atomic mass is 32.1. The van der Waals surface area contributed by atoms with Crippen molar-refractivity contribution in [2.45, 2.75) is 32.6 Å². The van der Waals surface area contributed by atoms with Crippen molar-refractivity contribution in [2.75, 3.05) is 13.1 Å². The average Bonchev–Trinajstić information content (AvgIpc) is 2.82. The van der Waals surface area contributed by atoms with Gasteiger partial charge >= 0.3 is 0 Å². The van der Waals surface area contributed by atoms with Gasteiger partial charge in [0.1, 0.15) is 5.78 Å². The molecule has 1 aliphatic rings. The maximum atomic E-state index is 12.4. The van der Waals surface area contributed by atoms with Crippen LogP contribution < -0.4 is 5.32 Å². The van der Waals surface area contributed by atoms with Gasteiger partial charge in [0.15, 0.2) is 0 Å². The molecule has 0 amide bonds. The molecule has 0 saturated carbocycles. The van der Waals surface area contributed by atoms with Crippen LogP contribution in [0.2, 0.25) is 0 Å². The minimum absolute atomic E-state index is 0.0864. The number of hydrogen-bond donors (Lipinski definition) is 1. The Morgan fingerprint density at radius 2 is 2.31 bits per heavy atom. The van der Waals surface area contributed by atoms with Gasteiger partial charge in [-0.05, 0) is 32.4 Å². The first kappa shape index (κ1) is 11.7. The quantitative estimate of drug-likeness (QED) is 0.872. The summed E-state index contributed by atoms with van der Waals surface area (Å²) < 4.78 is 0. The molecular weight excluding hydrogens is 220 g/mol. The first-order valence-corrected chi connectivity index (χ1v) is 6.77. The summed E-state index contributed by atoms with van der Waals surface area (Å²) in [5, 5.41) is 6.21. The summed E-state index contributed by atoms with van der Waals surface area (Å²) in [5.41, 5.74) is -0.0864. The van der Waals surface area contributed by atoms with Gasteiger partial charge in [-0.2, -0.15) is 0 Å². The molecule has 1 aromatic rings. The molecule has 1 aromatic heterocycles. The second-order valence-electron chi connectivity index (χ2n) is 4.41. The van der Waals surface area contributed by atoms with Crippen LogP contribution >= 0.6 is 11.3 Å². The zero-order valence-electron chi connectivity index (χ0n) is 9.66. The van der Waals surface area contributed by atoms with Crippen molar-refractivity contribution >= 4 is 17.1 Å². The van der Waals surface area contributed by atoms with E-state index in [-0.39, 0.29) is 5.41 Å². The van der Waals surface area contributed by atoms with Crippen LogP contribution in [0.1, 0.15) is 31.2 Å². The van der Waals surface area contributed by atoms with E-state index in [0.717, 1.165) is 37.4 Å². The van der Waals surface area contributed by atoms with Gasteiger partial charge < -0.3 is 5.32 Å². The number of piperidine rings is 1. The summed E-state index contributed by atoms with van der Waals surface area (Å²) in [6, 6.07) is 0. The normalized spacial score (nSPS) is 19.6. The maximum absolute atomic E-state index is 12.4. The first-order chi connectivity index (χ1) is 7.77. The van der Waals surface area contributed by atoms with Crippen LogP contribution in [0.4, 0.5) is 0 Å². The highest BCUT2D eigenvalue weighted by Gasteiger charge is 2.37. The predicted octanol–water partition coefficient (Wildman–Crippen LogP) is 2.03. The molecule has 3 nitrogen and oxygen atoms in total. The molecule has 1 aliphatic heterocycles. The molecule has 4 heteroatoms. The fourth-order valence-electron chi connectivity index (χ4n) is 2.40. The second kappa shape index (κ2) is 5.06. The van der Waals surface area contributed by atoms with Crippen molar-refractivity contribution in [3.05, 3.63) is 16.6 Å². The number of ketones is 1. The monoisotopic (exact) mass is 238 g/mol. The summed E-state index contributed by atoms with van der Waals surface area (Å²) in [4.78, 5) is 16.6. The van der Waals surface area contributed by atoms with Gasteiger partial charge in [0.25, 0.3) is 0 Å². The predicted molar refractivity (Wildman–Crippen MR) is 65.7 cm³/mol. The molecule has 88 valence electrons. The van der Waals surface area contributed by atoms with E-state index in [1.54, 1.807) is 17.5 Å². The topological polar surface area (TPSA) is 42.0 Å². The SMILES string of the molecule is CCC1(C(=O)Cc2nccs2)CCNCC1. The summed E-state index contributed by atoms with van der Waals surface area (Å²) in [6.07, 6.45) is 5.21. The number of nitrogens with one attached hydrogen (secondary N) is 1. The lowest BCUT2D eigenvalue weighted by Gasteiger charge is -2.35. The summed E-state index contributed by atoms with van der Waals surface area (Å²) in [6.45, 7) is 4.07. The smallest absolute Gasteiger partial charge is 0.145 e. The molecule has 0 aliphatic carbocycles. The highest BCUT2D eigenvalue weighted by molar-refractivity contribution is 7.09. The van der Waals surface area contributed by atoms with E-state index in [1.165, 1.54) is 0 Å². The second-order valence-corrected chi connectivity index (χ2v) is 5.39. The van der Waals surface area contributed by atoms with Gasteiger partial charge in [0, 0.05) is 17.0 Å². The minimum Gasteiger partial charge on any atom is -0.317 e. The Morgan fingerprint density at radius 1 is 1.56 bits per heavy atom. The number of carbonyl (C=O) groups is 1. The van der Waals surface area contributed by atoms with Crippen LogP contribution in [0.25, 0.3) is 0 Å². The van der Waals surface area contributed by atoms with Gasteiger partial charge in [0.05, 0.1) is 11.4 Å². The van der Waals surface area contributed by atoms with Crippen LogP contribution in [0.3, 0.4) is 0 Å². The van der Waals surface area contributed by atoms with Crippen molar-refractivity contribution < 1.29 is 4.79 Å². The lowest BCUT2D eigenvalue weighted by Crippen LogP contribution is -2.42. The number of nitrogens with zero attached hydrogens (tertiary/aromatic N) is 1. The molecule has 1 fully saturated rings. The first-order valence-electron chi connectivity index (χ1n) is 5.89. The van der Waals surface area contributed by atoms with Crippen LogP contribution in [0.15, 0.2) is 11.6 Å². The van der Waals surface area contributed by atoms with E-state index in [0.29, 0.717) is 12.2 Å². The van der Waals surface area contributed by atoms with E-state index in [2.05, 4.69) is 17.2 Å². The molecule has 1 saturated heterocycles.